The maximum atomic E-state index is 6.32. The Hall–Kier alpha value is -1.32. The van der Waals surface area contributed by atoms with E-state index >= 15 is 0 Å². The molecule has 3 nitrogen and oxygen atoms in total. The Morgan fingerprint density at radius 3 is 2.30 bits per heavy atom. The number of allylic oxidation sites excluding steroid dienone is 1. The van der Waals surface area contributed by atoms with Crippen LogP contribution in [0.3, 0.4) is 0 Å². The number of nitrogens with two attached hydrogens (primary N) is 3. The van der Waals surface area contributed by atoms with E-state index in [0.29, 0.717) is 12.0 Å². The summed E-state index contributed by atoms with van der Waals surface area (Å²) in [7, 11) is 0. The summed E-state index contributed by atoms with van der Waals surface area (Å²) in [6, 6.07) is 7.38. The van der Waals surface area contributed by atoms with Gasteiger partial charge in [0.1, 0.15) is 0 Å². The van der Waals surface area contributed by atoms with E-state index in [1.807, 2.05) is 0 Å². The van der Waals surface area contributed by atoms with Crippen molar-refractivity contribution in [2.24, 2.45) is 23.3 Å². The van der Waals surface area contributed by atoms with E-state index in [-0.39, 0.29) is 6.04 Å². The first-order valence-corrected chi connectivity index (χ1v) is 9.17. The highest BCUT2D eigenvalue weighted by Gasteiger charge is 2.19. The summed E-state index contributed by atoms with van der Waals surface area (Å²) in [5, 5.41) is 0. The van der Waals surface area contributed by atoms with Crippen LogP contribution in [0.25, 0.3) is 0 Å². The van der Waals surface area contributed by atoms with Crippen molar-refractivity contribution in [2.45, 2.75) is 63.5 Å². The Labute approximate surface area is 140 Å². The fraction of sp³-hybridized carbons (Fsp3) is 0.600. The zero-order chi connectivity index (χ0) is 16.2. The second kappa shape index (κ2) is 7.50. The second-order valence-electron chi connectivity index (χ2n) is 7.61. The lowest BCUT2D eigenvalue weighted by Crippen LogP contribution is -2.27. The van der Waals surface area contributed by atoms with Crippen LogP contribution in [0, 0.1) is 11.8 Å². The molecular weight excluding hydrogens is 282 g/mol. The monoisotopic (exact) mass is 313 g/mol. The van der Waals surface area contributed by atoms with Crippen LogP contribution in [0.5, 0.6) is 0 Å². The molecule has 0 amide bonds. The van der Waals surface area contributed by atoms with Gasteiger partial charge in [-0.1, -0.05) is 24.3 Å². The molecule has 1 fully saturated rings. The van der Waals surface area contributed by atoms with Crippen LogP contribution in [0.2, 0.25) is 0 Å². The SMILES string of the molecule is Nc1cc(CC2CCC(N)CC2)ccc1CC1C=CC(N)CC1. The smallest absolute Gasteiger partial charge is 0.0349 e. The van der Waals surface area contributed by atoms with Crippen LogP contribution in [-0.4, -0.2) is 12.1 Å². The molecule has 3 rings (SSSR count). The zero-order valence-corrected chi connectivity index (χ0v) is 14.1. The lowest BCUT2D eigenvalue weighted by Gasteiger charge is -2.26. The Kier molecular flexibility index (Phi) is 5.39. The molecule has 6 N–H and O–H groups in total. The molecule has 0 spiro atoms. The van der Waals surface area contributed by atoms with E-state index in [1.54, 1.807) is 0 Å². The van der Waals surface area contributed by atoms with E-state index in [9.17, 15) is 0 Å². The highest BCUT2D eigenvalue weighted by molar-refractivity contribution is 5.49. The molecule has 0 heterocycles. The molecule has 2 unspecified atom stereocenters. The predicted molar refractivity (Wildman–Crippen MR) is 98.0 cm³/mol. The quantitative estimate of drug-likeness (QED) is 0.590. The molecule has 1 saturated carbocycles. The van der Waals surface area contributed by atoms with Crippen LogP contribution in [0.1, 0.15) is 49.7 Å². The van der Waals surface area contributed by atoms with Crippen LogP contribution in [0.4, 0.5) is 5.69 Å². The molecular formula is C20H31N3. The molecule has 23 heavy (non-hydrogen) atoms. The molecule has 0 bridgehead atoms. The third-order valence-electron chi connectivity index (χ3n) is 5.61. The van der Waals surface area contributed by atoms with E-state index in [1.165, 1.54) is 43.2 Å². The van der Waals surface area contributed by atoms with Crippen molar-refractivity contribution in [3.8, 4) is 0 Å². The maximum Gasteiger partial charge on any atom is 0.0349 e. The molecule has 0 aromatic heterocycles. The Morgan fingerprint density at radius 2 is 1.65 bits per heavy atom. The molecule has 126 valence electrons. The highest BCUT2D eigenvalue weighted by Crippen LogP contribution is 2.29. The number of anilines is 1. The van der Waals surface area contributed by atoms with Gasteiger partial charge in [-0.15, -0.1) is 0 Å². The second-order valence-corrected chi connectivity index (χ2v) is 7.61. The van der Waals surface area contributed by atoms with Gasteiger partial charge in [0, 0.05) is 17.8 Å². The van der Waals surface area contributed by atoms with Crippen LogP contribution >= 0.6 is 0 Å². The van der Waals surface area contributed by atoms with Crippen molar-refractivity contribution in [3.63, 3.8) is 0 Å². The molecule has 2 aliphatic carbocycles. The third-order valence-corrected chi connectivity index (χ3v) is 5.61. The lowest BCUT2D eigenvalue weighted by molar-refractivity contribution is 0.325. The Bertz CT molecular complexity index is 544. The molecule has 2 atom stereocenters. The van der Waals surface area contributed by atoms with Crippen LogP contribution in [-0.2, 0) is 12.8 Å². The van der Waals surface area contributed by atoms with Crippen molar-refractivity contribution in [3.05, 3.63) is 41.5 Å². The summed E-state index contributed by atoms with van der Waals surface area (Å²) >= 11 is 0. The van der Waals surface area contributed by atoms with Gasteiger partial charge in [-0.05, 0) is 80.4 Å². The normalized spacial score (nSPS) is 31.2. The maximum absolute atomic E-state index is 6.32. The van der Waals surface area contributed by atoms with Crippen LogP contribution in [0.15, 0.2) is 30.4 Å². The number of hydrogen-bond acceptors (Lipinski definition) is 3. The van der Waals surface area contributed by atoms with Gasteiger partial charge in [0.25, 0.3) is 0 Å². The minimum absolute atomic E-state index is 0.245. The van der Waals surface area contributed by atoms with Gasteiger partial charge >= 0.3 is 0 Å². The number of hydrogen-bond donors (Lipinski definition) is 3. The van der Waals surface area contributed by atoms with Gasteiger partial charge in [-0.25, -0.2) is 0 Å². The summed E-state index contributed by atoms with van der Waals surface area (Å²) < 4.78 is 0. The summed E-state index contributed by atoms with van der Waals surface area (Å²) in [6.45, 7) is 0. The van der Waals surface area contributed by atoms with Gasteiger partial charge < -0.3 is 17.2 Å². The first-order chi connectivity index (χ1) is 11.1. The first kappa shape index (κ1) is 16.5. The van der Waals surface area contributed by atoms with Crippen LogP contribution < -0.4 is 17.2 Å². The number of rotatable bonds is 4. The molecule has 0 radical (unpaired) electrons. The standard InChI is InChI=1S/C20H31N3/c21-18-7-2-14(3-8-18)11-16-1-6-17(20(23)13-16)12-15-4-9-19(22)10-5-15/h1,4,6,9,13-15,18-19H,2-3,5,7-8,10-12,21-23H2. The first-order valence-electron chi connectivity index (χ1n) is 9.17. The van der Waals surface area contributed by atoms with E-state index < -0.39 is 0 Å². The third kappa shape index (κ3) is 4.58. The lowest BCUT2D eigenvalue weighted by atomic mass is 9.82. The van der Waals surface area contributed by atoms with Gasteiger partial charge in [0.2, 0.25) is 0 Å². The summed E-state index contributed by atoms with van der Waals surface area (Å²) in [5.74, 6) is 1.37. The Morgan fingerprint density at radius 1 is 0.870 bits per heavy atom. The van der Waals surface area contributed by atoms with Gasteiger partial charge in [-0.2, -0.15) is 0 Å². The van der Waals surface area contributed by atoms with Crippen molar-refractivity contribution in [1.29, 1.82) is 0 Å². The minimum atomic E-state index is 0.245. The summed E-state index contributed by atoms with van der Waals surface area (Å²) in [6.07, 6.45) is 13.7. The fourth-order valence-corrected chi connectivity index (χ4v) is 4.03. The van der Waals surface area contributed by atoms with Crippen molar-refractivity contribution < 1.29 is 0 Å². The topological polar surface area (TPSA) is 78.1 Å². The fourth-order valence-electron chi connectivity index (χ4n) is 4.03. The summed E-state index contributed by atoms with van der Waals surface area (Å²) in [5.41, 5.74) is 21.9. The van der Waals surface area contributed by atoms with Gasteiger partial charge in [-0.3, -0.25) is 0 Å². The molecule has 3 heteroatoms. The van der Waals surface area contributed by atoms with Crippen molar-refractivity contribution >= 4 is 5.69 Å². The predicted octanol–water partition coefficient (Wildman–Crippen LogP) is 3.16. The van der Waals surface area contributed by atoms with Gasteiger partial charge in [0.15, 0.2) is 0 Å². The zero-order valence-electron chi connectivity index (χ0n) is 14.1. The van der Waals surface area contributed by atoms with E-state index in [2.05, 4.69) is 30.4 Å². The molecule has 0 aliphatic heterocycles. The average molecular weight is 313 g/mol. The largest absolute Gasteiger partial charge is 0.398 e. The molecule has 1 aromatic rings. The number of benzene rings is 1. The minimum Gasteiger partial charge on any atom is -0.398 e. The molecule has 1 aromatic carbocycles. The summed E-state index contributed by atoms with van der Waals surface area (Å²) in [4.78, 5) is 0. The molecule has 0 saturated heterocycles. The average Bonchev–Trinajstić information content (AvgIpc) is 2.54. The van der Waals surface area contributed by atoms with Crippen molar-refractivity contribution in [1.82, 2.24) is 0 Å². The number of nitrogen functional groups attached to an aromatic ring is 1. The highest BCUT2D eigenvalue weighted by atomic mass is 14.6. The molecule has 2 aliphatic rings. The van der Waals surface area contributed by atoms with Gasteiger partial charge in [0.05, 0.1) is 0 Å². The van der Waals surface area contributed by atoms with E-state index in [4.69, 9.17) is 17.2 Å². The van der Waals surface area contributed by atoms with E-state index in [0.717, 1.165) is 30.9 Å². The Balaban J connectivity index is 1.58. The van der Waals surface area contributed by atoms with Crippen molar-refractivity contribution in [2.75, 3.05) is 5.73 Å².